The fourth-order valence-corrected chi connectivity index (χ4v) is 4.11. The van der Waals surface area contributed by atoms with Gasteiger partial charge in [0.1, 0.15) is 5.75 Å². The van der Waals surface area contributed by atoms with E-state index in [1.54, 1.807) is 29.9 Å². The van der Waals surface area contributed by atoms with Gasteiger partial charge < -0.3 is 24.7 Å². The maximum Gasteiger partial charge on any atom is 0.573 e. The van der Waals surface area contributed by atoms with Gasteiger partial charge in [0.05, 0.1) is 21.3 Å². The molecule has 0 fully saturated rings. The van der Waals surface area contributed by atoms with Gasteiger partial charge in [0.25, 0.3) is 5.91 Å². The van der Waals surface area contributed by atoms with Crippen LogP contribution in [0.2, 0.25) is 0 Å². The van der Waals surface area contributed by atoms with Gasteiger partial charge in [-0.3, -0.25) is 4.79 Å². The molecule has 12 heteroatoms. The van der Waals surface area contributed by atoms with Crippen LogP contribution in [0.25, 0.3) is 21.3 Å². The number of halogens is 3. The molecule has 0 aliphatic carbocycles. The first kappa shape index (κ1) is 22.8. The number of nitrogens with zero attached hydrogens (tertiary/aromatic N) is 3. The van der Waals surface area contributed by atoms with Gasteiger partial charge in [-0.15, -0.1) is 13.2 Å². The molecular weight excluding hydrogens is 459 g/mol. The summed E-state index contributed by atoms with van der Waals surface area (Å²) in [5.74, 6) is -0.0225. The lowest BCUT2D eigenvalue weighted by molar-refractivity contribution is -0.274. The molecule has 0 radical (unpaired) electrons. The van der Waals surface area contributed by atoms with E-state index in [2.05, 4.69) is 25.3 Å². The normalized spacial score (nSPS) is 11.8. The second kappa shape index (κ2) is 9.24. The SMILES string of the molecule is COCCCNC(=O)c1ccc2c(c1)nc(Nc1nc3ccc(OC(F)(F)F)cc3s1)n2C. The van der Waals surface area contributed by atoms with Gasteiger partial charge >= 0.3 is 6.36 Å². The number of aromatic nitrogens is 3. The van der Waals surface area contributed by atoms with E-state index in [-0.39, 0.29) is 11.7 Å². The van der Waals surface area contributed by atoms with Crippen molar-refractivity contribution in [3.05, 3.63) is 42.0 Å². The van der Waals surface area contributed by atoms with E-state index in [9.17, 15) is 18.0 Å². The van der Waals surface area contributed by atoms with Crippen LogP contribution in [-0.2, 0) is 11.8 Å². The highest BCUT2D eigenvalue weighted by atomic mass is 32.1. The molecule has 2 N–H and O–H groups in total. The minimum absolute atomic E-state index is 0.198. The monoisotopic (exact) mass is 479 g/mol. The fraction of sp³-hybridized carbons (Fsp3) is 0.286. The van der Waals surface area contributed by atoms with Gasteiger partial charge in [0.15, 0.2) is 5.13 Å². The number of fused-ring (bicyclic) bond motifs is 2. The molecule has 0 aliphatic heterocycles. The lowest BCUT2D eigenvalue weighted by Crippen LogP contribution is -2.25. The molecule has 2 aromatic carbocycles. The molecule has 0 saturated heterocycles. The zero-order chi connectivity index (χ0) is 23.6. The van der Waals surface area contributed by atoms with E-state index in [0.29, 0.717) is 51.9 Å². The zero-order valence-corrected chi connectivity index (χ0v) is 18.5. The number of imidazole rings is 1. The summed E-state index contributed by atoms with van der Waals surface area (Å²) in [7, 11) is 3.42. The molecule has 0 spiro atoms. The number of hydrogen-bond donors (Lipinski definition) is 2. The van der Waals surface area contributed by atoms with Crippen molar-refractivity contribution in [3.63, 3.8) is 0 Å². The molecule has 4 rings (SSSR count). The van der Waals surface area contributed by atoms with Crippen LogP contribution in [0, 0.1) is 0 Å². The molecular formula is C21H20F3N5O3S. The van der Waals surface area contributed by atoms with Crippen LogP contribution in [0.1, 0.15) is 16.8 Å². The number of anilines is 2. The fourth-order valence-electron chi connectivity index (χ4n) is 3.22. The van der Waals surface area contributed by atoms with Crippen molar-refractivity contribution < 1.29 is 27.4 Å². The highest BCUT2D eigenvalue weighted by Gasteiger charge is 2.31. The molecule has 0 atom stereocenters. The van der Waals surface area contributed by atoms with Crippen molar-refractivity contribution >= 4 is 49.6 Å². The Morgan fingerprint density at radius 1 is 1.15 bits per heavy atom. The molecule has 4 aromatic rings. The number of nitrogens with one attached hydrogen (secondary N) is 2. The molecule has 0 saturated carbocycles. The molecule has 0 unspecified atom stereocenters. The summed E-state index contributed by atoms with van der Waals surface area (Å²) in [6.07, 6.45) is -4.04. The van der Waals surface area contributed by atoms with Crippen LogP contribution in [0.15, 0.2) is 36.4 Å². The summed E-state index contributed by atoms with van der Waals surface area (Å²) >= 11 is 1.17. The van der Waals surface area contributed by atoms with Crippen LogP contribution in [0.4, 0.5) is 24.3 Å². The highest BCUT2D eigenvalue weighted by Crippen LogP contribution is 2.33. The first-order valence-corrected chi connectivity index (χ1v) is 10.7. The Bertz CT molecular complexity index is 1300. The standard InChI is InChI=1S/C21H20F3N5O3S/c1-29-16-7-4-12(18(30)25-8-3-9-31-2)10-15(16)26-19(29)28-20-27-14-6-5-13(11-17(14)33-20)32-21(22,23)24/h4-7,10-11H,3,8-9H2,1-2H3,(H,25,30)(H,26,27,28). The van der Waals surface area contributed by atoms with Crippen LogP contribution >= 0.6 is 11.3 Å². The van der Waals surface area contributed by atoms with Crippen molar-refractivity contribution in [1.82, 2.24) is 19.9 Å². The highest BCUT2D eigenvalue weighted by molar-refractivity contribution is 7.22. The smallest absolute Gasteiger partial charge is 0.406 e. The van der Waals surface area contributed by atoms with E-state index < -0.39 is 6.36 Å². The average Bonchev–Trinajstić information content (AvgIpc) is 3.29. The Morgan fingerprint density at radius 2 is 1.97 bits per heavy atom. The lowest BCUT2D eigenvalue weighted by atomic mass is 10.2. The van der Waals surface area contributed by atoms with E-state index >= 15 is 0 Å². The Morgan fingerprint density at radius 3 is 2.73 bits per heavy atom. The Labute approximate surface area is 190 Å². The zero-order valence-electron chi connectivity index (χ0n) is 17.7. The van der Waals surface area contributed by atoms with Crippen molar-refractivity contribution in [1.29, 1.82) is 0 Å². The van der Waals surface area contributed by atoms with Crippen LogP contribution in [0.3, 0.4) is 0 Å². The summed E-state index contributed by atoms with van der Waals surface area (Å²) in [6, 6.07) is 9.19. The van der Waals surface area contributed by atoms with E-state index in [1.807, 2.05) is 7.05 Å². The first-order chi connectivity index (χ1) is 15.7. The number of thiazole rings is 1. The predicted octanol–water partition coefficient (Wildman–Crippen LogP) is 4.59. The molecule has 0 bridgehead atoms. The topological polar surface area (TPSA) is 90.3 Å². The summed E-state index contributed by atoms with van der Waals surface area (Å²) in [5, 5.41) is 6.39. The third kappa shape index (κ3) is 5.34. The molecule has 1 amide bonds. The second-order valence-corrected chi connectivity index (χ2v) is 8.15. The summed E-state index contributed by atoms with van der Waals surface area (Å²) in [5.41, 5.74) is 2.44. The molecule has 2 heterocycles. The van der Waals surface area contributed by atoms with Gasteiger partial charge in [0, 0.05) is 38.9 Å². The largest absolute Gasteiger partial charge is 0.573 e. The molecule has 174 valence electrons. The second-order valence-electron chi connectivity index (χ2n) is 7.12. The summed E-state index contributed by atoms with van der Waals surface area (Å²) < 4.78 is 48.7. The minimum Gasteiger partial charge on any atom is -0.406 e. The lowest BCUT2D eigenvalue weighted by Gasteiger charge is -2.07. The summed E-state index contributed by atoms with van der Waals surface area (Å²) in [4.78, 5) is 21.3. The van der Waals surface area contributed by atoms with E-state index in [1.165, 1.54) is 29.5 Å². The first-order valence-electron chi connectivity index (χ1n) is 9.90. The van der Waals surface area contributed by atoms with Crippen molar-refractivity contribution in [2.45, 2.75) is 12.8 Å². The Kier molecular flexibility index (Phi) is 6.38. The number of aryl methyl sites for hydroxylation is 1. The molecule has 0 aliphatic rings. The third-order valence-electron chi connectivity index (χ3n) is 4.77. The van der Waals surface area contributed by atoms with Crippen molar-refractivity contribution in [3.8, 4) is 5.75 Å². The molecule has 33 heavy (non-hydrogen) atoms. The number of benzene rings is 2. The van der Waals surface area contributed by atoms with Gasteiger partial charge in [-0.05, 0) is 36.8 Å². The number of hydrogen-bond acceptors (Lipinski definition) is 7. The van der Waals surface area contributed by atoms with Crippen LogP contribution in [0.5, 0.6) is 5.75 Å². The number of alkyl halides is 3. The Hall–Kier alpha value is -3.38. The number of amides is 1. The average molecular weight is 479 g/mol. The van der Waals surface area contributed by atoms with Crippen LogP contribution < -0.4 is 15.4 Å². The number of carbonyl (C=O) groups excluding carboxylic acids is 1. The van der Waals surface area contributed by atoms with Gasteiger partial charge in [0.2, 0.25) is 5.95 Å². The number of ether oxygens (including phenoxy) is 2. The van der Waals surface area contributed by atoms with Gasteiger partial charge in [-0.2, -0.15) is 0 Å². The number of rotatable bonds is 8. The number of carbonyl (C=O) groups is 1. The van der Waals surface area contributed by atoms with Gasteiger partial charge in [-0.1, -0.05) is 11.3 Å². The molecule has 8 nitrogen and oxygen atoms in total. The van der Waals surface area contributed by atoms with Crippen molar-refractivity contribution in [2.24, 2.45) is 7.05 Å². The van der Waals surface area contributed by atoms with Crippen LogP contribution in [-0.4, -0.2) is 47.1 Å². The summed E-state index contributed by atoms with van der Waals surface area (Å²) in [6.45, 7) is 1.07. The van der Waals surface area contributed by atoms with Gasteiger partial charge in [-0.25, -0.2) is 9.97 Å². The van der Waals surface area contributed by atoms with E-state index in [4.69, 9.17) is 4.74 Å². The predicted molar refractivity (Wildman–Crippen MR) is 119 cm³/mol. The van der Waals surface area contributed by atoms with E-state index in [0.717, 1.165) is 5.52 Å². The molecule has 2 aromatic heterocycles. The maximum absolute atomic E-state index is 12.5. The number of methoxy groups -OCH3 is 1. The third-order valence-corrected chi connectivity index (χ3v) is 5.70. The maximum atomic E-state index is 12.5. The Balaban J connectivity index is 1.53. The quantitative estimate of drug-likeness (QED) is 0.359. The van der Waals surface area contributed by atoms with Crippen molar-refractivity contribution in [2.75, 3.05) is 25.6 Å². The minimum atomic E-state index is -4.76.